The van der Waals surface area contributed by atoms with Crippen LogP contribution < -0.4 is 0 Å². The Morgan fingerprint density at radius 3 is 2.19 bits per heavy atom. The molecule has 0 spiro atoms. The van der Waals surface area contributed by atoms with E-state index in [9.17, 15) is 4.39 Å². The third-order valence-electron chi connectivity index (χ3n) is 4.49. The van der Waals surface area contributed by atoms with Crippen molar-refractivity contribution in [3.63, 3.8) is 0 Å². The zero-order valence-corrected chi connectivity index (χ0v) is 15.9. The summed E-state index contributed by atoms with van der Waals surface area (Å²) in [6.07, 6.45) is 11.2. The van der Waals surface area contributed by atoms with Crippen molar-refractivity contribution in [3.05, 3.63) is 70.5 Å². The van der Waals surface area contributed by atoms with Crippen molar-refractivity contribution in [2.75, 3.05) is 0 Å². The van der Waals surface area contributed by atoms with Crippen LogP contribution in [0.2, 0.25) is 0 Å². The predicted molar refractivity (Wildman–Crippen MR) is 110 cm³/mol. The van der Waals surface area contributed by atoms with Gasteiger partial charge in [-0.15, -0.1) is 0 Å². The minimum atomic E-state index is -0.234. The summed E-state index contributed by atoms with van der Waals surface area (Å²) < 4.78 is 14.2. The normalized spacial score (nSPS) is 11.7. The molecule has 2 nitrogen and oxygen atoms in total. The quantitative estimate of drug-likeness (QED) is 0.270. The molecule has 0 fully saturated rings. The zero-order chi connectivity index (χ0) is 18.6. The number of nitrogens with zero attached hydrogens (tertiary/aromatic N) is 2. The van der Waals surface area contributed by atoms with Crippen LogP contribution in [0.5, 0.6) is 0 Å². The van der Waals surface area contributed by atoms with Gasteiger partial charge in [0.25, 0.3) is 0 Å². The van der Waals surface area contributed by atoms with E-state index in [0.717, 1.165) is 30.4 Å². The third kappa shape index (κ3) is 6.91. The Bertz CT molecular complexity index is 717. The highest BCUT2D eigenvalue weighted by Crippen LogP contribution is 2.13. The highest BCUT2D eigenvalue weighted by atomic mass is 19.1. The second kappa shape index (κ2) is 11.3. The fourth-order valence-electron chi connectivity index (χ4n) is 2.80. The molecule has 26 heavy (non-hydrogen) atoms. The van der Waals surface area contributed by atoms with Crippen LogP contribution in [0.15, 0.2) is 52.7 Å². The molecule has 0 aliphatic carbocycles. The fraction of sp³-hybridized carbons (Fsp3) is 0.391. The molecule has 0 saturated heterocycles. The Hall–Kier alpha value is -2.29. The van der Waals surface area contributed by atoms with Crippen LogP contribution in [0.3, 0.4) is 0 Å². The maximum atomic E-state index is 14.2. The summed E-state index contributed by atoms with van der Waals surface area (Å²) in [5, 5.41) is 7.98. The van der Waals surface area contributed by atoms with Gasteiger partial charge in [-0.25, -0.2) is 4.39 Å². The topological polar surface area (TPSA) is 24.7 Å². The zero-order valence-electron chi connectivity index (χ0n) is 15.9. The summed E-state index contributed by atoms with van der Waals surface area (Å²) in [5.74, 6) is -0.234. The first-order chi connectivity index (χ1) is 12.7. The highest BCUT2D eigenvalue weighted by Gasteiger charge is 2.02. The maximum Gasteiger partial charge on any atom is 0.132 e. The maximum absolute atomic E-state index is 14.2. The van der Waals surface area contributed by atoms with E-state index < -0.39 is 0 Å². The molecule has 0 bridgehead atoms. The lowest BCUT2D eigenvalue weighted by atomic mass is 10.0. The van der Waals surface area contributed by atoms with Gasteiger partial charge in [0.1, 0.15) is 5.82 Å². The molecule has 0 radical (unpaired) electrons. The lowest BCUT2D eigenvalue weighted by molar-refractivity contribution is 0.614. The van der Waals surface area contributed by atoms with E-state index in [0.29, 0.717) is 5.56 Å². The average Bonchev–Trinajstić information content (AvgIpc) is 2.67. The van der Waals surface area contributed by atoms with Gasteiger partial charge in [-0.2, -0.15) is 10.2 Å². The van der Waals surface area contributed by atoms with Crippen LogP contribution in [-0.2, 0) is 12.8 Å². The van der Waals surface area contributed by atoms with Crippen LogP contribution in [0, 0.1) is 5.82 Å². The van der Waals surface area contributed by atoms with Crippen LogP contribution in [-0.4, -0.2) is 12.4 Å². The molecule has 0 N–H and O–H groups in total. The van der Waals surface area contributed by atoms with Crippen LogP contribution in [0.4, 0.5) is 4.39 Å². The lowest BCUT2D eigenvalue weighted by Crippen LogP contribution is -1.93. The van der Waals surface area contributed by atoms with Gasteiger partial charge in [-0.05, 0) is 42.0 Å². The number of rotatable bonds is 10. The molecule has 0 unspecified atom stereocenters. The van der Waals surface area contributed by atoms with Gasteiger partial charge in [0, 0.05) is 5.56 Å². The molecule has 0 heterocycles. The molecule has 138 valence electrons. The Balaban J connectivity index is 1.86. The first kappa shape index (κ1) is 20.0. The summed E-state index contributed by atoms with van der Waals surface area (Å²) >= 11 is 0. The molecule has 0 atom stereocenters. The summed E-state index contributed by atoms with van der Waals surface area (Å²) in [4.78, 5) is 0. The van der Waals surface area contributed by atoms with E-state index in [1.54, 1.807) is 18.3 Å². The number of hydrogen-bond donors (Lipinski definition) is 0. The molecule has 0 saturated carbocycles. The summed E-state index contributed by atoms with van der Waals surface area (Å²) in [5.41, 5.74) is 3.80. The molecule has 2 aromatic rings. The van der Waals surface area contributed by atoms with E-state index in [4.69, 9.17) is 0 Å². The van der Waals surface area contributed by atoms with Crippen LogP contribution >= 0.6 is 0 Å². The van der Waals surface area contributed by atoms with Crippen molar-refractivity contribution in [1.29, 1.82) is 0 Å². The van der Waals surface area contributed by atoms with E-state index in [1.807, 2.05) is 18.2 Å². The Kier molecular flexibility index (Phi) is 8.74. The molecule has 0 amide bonds. The SMILES string of the molecule is CCCCCCCc1ccc(C=NN=Cc2ccc(CC)cc2)c(F)c1. The monoisotopic (exact) mass is 352 g/mol. The van der Waals surface area contributed by atoms with E-state index in [1.165, 1.54) is 37.5 Å². The van der Waals surface area contributed by atoms with Gasteiger partial charge < -0.3 is 0 Å². The van der Waals surface area contributed by atoms with Crippen molar-refractivity contribution in [1.82, 2.24) is 0 Å². The Labute approximate surface area is 156 Å². The number of unbranched alkanes of at least 4 members (excludes halogenated alkanes) is 4. The molecule has 2 aromatic carbocycles. The highest BCUT2D eigenvalue weighted by molar-refractivity contribution is 5.82. The van der Waals surface area contributed by atoms with E-state index >= 15 is 0 Å². The van der Waals surface area contributed by atoms with E-state index in [2.05, 4.69) is 36.2 Å². The molecule has 3 heteroatoms. The summed E-state index contributed by atoms with van der Waals surface area (Å²) in [6.45, 7) is 4.33. The van der Waals surface area contributed by atoms with E-state index in [-0.39, 0.29) is 5.82 Å². The number of hydrogen-bond acceptors (Lipinski definition) is 2. The molecule has 0 aliphatic rings. The first-order valence-electron chi connectivity index (χ1n) is 9.66. The van der Waals surface area contributed by atoms with Crippen molar-refractivity contribution in [2.24, 2.45) is 10.2 Å². The molecule has 2 rings (SSSR count). The molecular formula is C23H29FN2. The van der Waals surface area contributed by atoms with Crippen LogP contribution in [0.25, 0.3) is 0 Å². The fourth-order valence-corrected chi connectivity index (χ4v) is 2.80. The first-order valence-corrected chi connectivity index (χ1v) is 9.66. The number of aryl methyl sites for hydroxylation is 2. The van der Waals surface area contributed by atoms with Gasteiger partial charge >= 0.3 is 0 Å². The van der Waals surface area contributed by atoms with Crippen molar-refractivity contribution < 1.29 is 4.39 Å². The van der Waals surface area contributed by atoms with Crippen LogP contribution in [0.1, 0.15) is 68.2 Å². The van der Waals surface area contributed by atoms with Crippen molar-refractivity contribution in [3.8, 4) is 0 Å². The summed E-state index contributed by atoms with van der Waals surface area (Å²) in [7, 11) is 0. The summed E-state index contributed by atoms with van der Waals surface area (Å²) in [6, 6.07) is 13.6. The van der Waals surface area contributed by atoms with Gasteiger partial charge in [0.15, 0.2) is 0 Å². The van der Waals surface area contributed by atoms with Gasteiger partial charge in [-0.3, -0.25) is 0 Å². The predicted octanol–water partition coefficient (Wildman–Crippen LogP) is 6.35. The third-order valence-corrected chi connectivity index (χ3v) is 4.49. The smallest absolute Gasteiger partial charge is 0.132 e. The standard InChI is InChI=1S/C23H29FN2/c1-3-5-6-7-8-9-20-14-15-22(23(24)16-20)18-26-25-17-21-12-10-19(4-2)11-13-21/h10-18H,3-9H2,1-2H3. The Morgan fingerprint density at radius 1 is 0.808 bits per heavy atom. The minimum absolute atomic E-state index is 0.234. The Morgan fingerprint density at radius 2 is 1.50 bits per heavy atom. The molecule has 0 aliphatic heterocycles. The van der Waals surface area contributed by atoms with Gasteiger partial charge in [0.05, 0.1) is 12.4 Å². The average molecular weight is 352 g/mol. The van der Waals surface area contributed by atoms with Gasteiger partial charge in [0.2, 0.25) is 0 Å². The lowest BCUT2D eigenvalue weighted by Gasteiger charge is -2.03. The second-order valence-corrected chi connectivity index (χ2v) is 6.60. The van der Waals surface area contributed by atoms with Crippen molar-refractivity contribution in [2.45, 2.75) is 58.8 Å². The van der Waals surface area contributed by atoms with Gasteiger partial charge in [-0.1, -0.05) is 75.9 Å². The van der Waals surface area contributed by atoms with Crippen molar-refractivity contribution >= 4 is 12.4 Å². The molecular weight excluding hydrogens is 323 g/mol. The number of halogens is 1. The number of benzene rings is 2. The molecule has 0 aromatic heterocycles. The minimum Gasteiger partial charge on any atom is -0.206 e. The second-order valence-electron chi connectivity index (χ2n) is 6.60. The largest absolute Gasteiger partial charge is 0.206 e.